The van der Waals surface area contributed by atoms with E-state index in [4.69, 9.17) is 15.2 Å². The molecule has 3 heteroatoms. The number of hydrogen-bond acceptors (Lipinski definition) is 3. The summed E-state index contributed by atoms with van der Waals surface area (Å²) < 4.78 is 11.3. The van der Waals surface area contributed by atoms with E-state index in [1.54, 1.807) is 0 Å². The summed E-state index contributed by atoms with van der Waals surface area (Å²) >= 11 is 0. The van der Waals surface area contributed by atoms with Crippen molar-refractivity contribution < 1.29 is 9.47 Å². The van der Waals surface area contributed by atoms with E-state index in [2.05, 4.69) is 19.1 Å². The molecule has 1 heterocycles. The first-order chi connectivity index (χ1) is 9.79. The normalized spacial score (nSPS) is 27.1. The van der Waals surface area contributed by atoms with Crippen molar-refractivity contribution in [1.82, 2.24) is 0 Å². The third-order valence-corrected chi connectivity index (χ3v) is 4.90. The number of ether oxygens (including phenoxy) is 2. The molecule has 0 spiro atoms. The van der Waals surface area contributed by atoms with Gasteiger partial charge in [0.25, 0.3) is 0 Å². The van der Waals surface area contributed by atoms with E-state index in [1.807, 2.05) is 6.07 Å². The molecule has 2 aliphatic rings. The highest BCUT2D eigenvalue weighted by Gasteiger charge is 2.30. The maximum absolute atomic E-state index is 6.57. The molecule has 0 saturated heterocycles. The molecule has 1 aliphatic heterocycles. The zero-order valence-electron chi connectivity index (χ0n) is 12.3. The van der Waals surface area contributed by atoms with Gasteiger partial charge >= 0.3 is 0 Å². The van der Waals surface area contributed by atoms with E-state index >= 15 is 0 Å². The fraction of sp³-hybridized carbons (Fsp3) is 0.647. The number of fused-ring (bicyclic) bond motifs is 1. The van der Waals surface area contributed by atoms with Crippen molar-refractivity contribution in [3.8, 4) is 11.5 Å². The number of benzene rings is 1. The van der Waals surface area contributed by atoms with E-state index < -0.39 is 0 Å². The summed E-state index contributed by atoms with van der Waals surface area (Å²) in [6, 6.07) is 6.32. The average molecular weight is 275 g/mol. The first kappa shape index (κ1) is 13.7. The van der Waals surface area contributed by atoms with Crippen LogP contribution in [0, 0.1) is 11.8 Å². The van der Waals surface area contributed by atoms with Gasteiger partial charge in [-0.3, -0.25) is 0 Å². The second kappa shape index (κ2) is 6.04. The molecule has 1 aromatic rings. The van der Waals surface area contributed by atoms with Crippen LogP contribution in [-0.2, 0) is 0 Å². The van der Waals surface area contributed by atoms with Gasteiger partial charge in [-0.1, -0.05) is 38.7 Å². The Morgan fingerprint density at radius 2 is 1.90 bits per heavy atom. The fourth-order valence-electron chi connectivity index (χ4n) is 3.73. The quantitative estimate of drug-likeness (QED) is 0.915. The molecule has 3 rings (SSSR count). The zero-order valence-corrected chi connectivity index (χ0v) is 12.3. The van der Waals surface area contributed by atoms with Gasteiger partial charge in [0, 0.05) is 6.04 Å². The summed E-state index contributed by atoms with van der Waals surface area (Å²) in [5.74, 6) is 3.08. The van der Waals surface area contributed by atoms with E-state index in [9.17, 15) is 0 Å². The molecule has 0 radical (unpaired) electrons. The van der Waals surface area contributed by atoms with E-state index in [1.165, 1.54) is 37.7 Å². The van der Waals surface area contributed by atoms with Crippen LogP contribution in [0.25, 0.3) is 0 Å². The van der Waals surface area contributed by atoms with Crippen LogP contribution in [-0.4, -0.2) is 13.2 Å². The highest BCUT2D eigenvalue weighted by atomic mass is 16.6. The Hall–Kier alpha value is -1.22. The molecule has 20 heavy (non-hydrogen) atoms. The van der Waals surface area contributed by atoms with Crippen molar-refractivity contribution >= 4 is 0 Å². The Morgan fingerprint density at radius 1 is 1.15 bits per heavy atom. The Balaban J connectivity index is 1.80. The first-order valence-electron chi connectivity index (χ1n) is 7.94. The van der Waals surface area contributed by atoms with Crippen molar-refractivity contribution in [1.29, 1.82) is 0 Å². The number of rotatable bonds is 3. The van der Waals surface area contributed by atoms with Crippen LogP contribution in [0.2, 0.25) is 0 Å². The molecule has 0 bridgehead atoms. The molecule has 0 amide bonds. The highest BCUT2D eigenvalue weighted by Crippen LogP contribution is 2.41. The number of hydrogen-bond donors (Lipinski definition) is 1. The van der Waals surface area contributed by atoms with Crippen molar-refractivity contribution in [2.45, 2.75) is 45.1 Å². The smallest absolute Gasteiger partial charge is 0.161 e. The lowest BCUT2D eigenvalue weighted by Crippen LogP contribution is -2.30. The van der Waals surface area contributed by atoms with Gasteiger partial charge in [0.05, 0.1) is 0 Å². The zero-order chi connectivity index (χ0) is 13.9. The Bertz CT molecular complexity index is 460. The minimum atomic E-state index is 0.121. The molecule has 0 aromatic heterocycles. The van der Waals surface area contributed by atoms with Crippen LogP contribution in [0.4, 0.5) is 0 Å². The van der Waals surface area contributed by atoms with Gasteiger partial charge in [-0.2, -0.15) is 0 Å². The largest absolute Gasteiger partial charge is 0.486 e. The maximum atomic E-state index is 6.57. The van der Waals surface area contributed by atoms with Gasteiger partial charge in [0.2, 0.25) is 0 Å². The molecular weight excluding hydrogens is 250 g/mol. The third kappa shape index (κ3) is 2.64. The maximum Gasteiger partial charge on any atom is 0.161 e. The summed E-state index contributed by atoms with van der Waals surface area (Å²) in [7, 11) is 0. The van der Waals surface area contributed by atoms with Crippen molar-refractivity contribution in [2.75, 3.05) is 13.2 Å². The lowest BCUT2D eigenvalue weighted by molar-refractivity contribution is 0.170. The second-order valence-electron chi connectivity index (χ2n) is 6.05. The van der Waals surface area contributed by atoms with Crippen LogP contribution in [0.3, 0.4) is 0 Å². The average Bonchev–Trinajstić information content (AvgIpc) is 2.53. The van der Waals surface area contributed by atoms with Crippen LogP contribution in [0.5, 0.6) is 11.5 Å². The molecule has 3 unspecified atom stereocenters. The van der Waals surface area contributed by atoms with Crippen LogP contribution in [0.1, 0.15) is 50.6 Å². The fourth-order valence-corrected chi connectivity index (χ4v) is 3.73. The summed E-state index contributed by atoms with van der Waals surface area (Å²) in [4.78, 5) is 0. The summed E-state index contributed by atoms with van der Waals surface area (Å²) in [6.45, 7) is 3.56. The molecule has 3 nitrogen and oxygen atoms in total. The predicted octanol–water partition coefficient (Wildman–Crippen LogP) is 3.67. The van der Waals surface area contributed by atoms with Crippen LogP contribution < -0.4 is 15.2 Å². The number of nitrogens with two attached hydrogens (primary N) is 1. The molecule has 1 aromatic carbocycles. The molecule has 1 aliphatic carbocycles. The first-order valence-corrected chi connectivity index (χ1v) is 7.94. The van der Waals surface area contributed by atoms with E-state index in [-0.39, 0.29) is 6.04 Å². The molecule has 2 N–H and O–H groups in total. The van der Waals surface area contributed by atoms with E-state index in [0.717, 1.165) is 17.4 Å². The van der Waals surface area contributed by atoms with Crippen molar-refractivity contribution in [3.63, 3.8) is 0 Å². The van der Waals surface area contributed by atoms with Gasteiger partial charge in [-0.05, 0) is 36.0 Å². The van der Waals surface area contributed by atoms with Crippen LogP contribution >= 0.6 is 0 Å². The van der Waals surface area contributed by atoms with Gasteiger partial charge in [0.1, 0.15) is 13.2 Å². The third-order valence-electron chi connectivity index (χ3n) is 4.90. The van der Waals surface area contributed by atoms with E-state index in [0.29, 0.717) is 19.1 Å². The van der Waals surface area contributed by atoms with Gasteiger partial charge in [-0.15, -0.1) is 0 Å². The minimum absolute atomic E-state index is 0.121. The Morgan fingerprint density at radius 3 is 2.70 bits per heavy atom. The molecule has 1 saturated carbocycles. The van der Waals surface area contributed by atoms with Crippen LogP contribution in [0.15, 0.2) is 18.2 Å². The molecule has 1 fully saturated rings. The van der Waals surface area contributed by atoms with Gasteiger partial charge < -0.3 is 15.2 Å². The topological polar surface area (TPSA) is 44.5 Å². The van der Waals surface area contributed by atoms with Gasteiger partial charge in [0.15, 0.2) is 11.5 Å². The SMILES string of the molecule is CCC1CCCCC1C(N)c1ccc2c(c1)OCCO2. The minimum Gasteiger partial charge on any atom is -0.486 e. The molecule has 3 atom stereocenters. The second-order valence-corrected chi connectivity index (χ2v) is 6.05. The van der Waals surface area contributed by atoms with Crippen molar-refractivity contribution in [3.05, 3.63) is 23.8 Å². The predicted molar refractivity (Wildman–Crippen MR) is 80.1 cm³/mol. The lowest BCUT2D eigenvalue weighted by atomic mass is 9.72. The highest BCUT2D eigenvalue weighted by molar-refractivity contribution is 5.44. The molecular formula is C17H25NO2. The molecule has 110 valence electrons. The van der Waals surface area contributed by atoms with Gasteiger partial charge in [-0.25, -0.2) is 0 Å². The summed E-state index contributed by atoms with van der Waals surface area (Å²) in [5.41, 5.74) is 7.77. The van der Waals surface area contributed by atoms with Crippen molar-refractivity contribution in [2.24, 2.45) is 17.6 Å². The monoisotopic (exact) mass is 275 g/mol. The Labute approximate surface area is 121 Å². The lowest BCUT2D eigenvalue weighted by Gasteiger charge is -2.35. The Kier molecular flexibility index (Phi) is 4.16. The summed E-state index contributed by atoms with van der Waals surface area (Å²) in [6.07, 6.45) is 6.51. The summed E-state index contributed by atoms with van der Waals surface area (Å²) in [5, 5.41) is 0. The standard InChI is InChI=1S/C17H25NO2/c1-2-12-5-3-4-6-14(12)17(18)13-7-8-15-16(11-13)20-10-9-19-15/h7-8,11-12,14,17H,2-6,9-10,18H2,1H3.